The molecule has 0 spiro atoms. The number of rotatable bonds is 6. The lowest BCUT2D eigenvalue weighted by Crippen LogP contribution is -2.44. The van der Waals surface area contributed by atoms with Crippen LogP contribution in [0, 0.1) is 0 Å². The Morgan fingerprint density at radius 3 is 2.72 bits per heavy atom. The summed E-state index contributed by atoms with van der Waals surface area (Å²) in [5.41, 5.74) is 3.30. The van der Waals surface area contributed by atoms with Gasteiger partial charge in [0, 0.05) is 0 Å². The second kappa shape index (κ2) is 9.08. The third kappa shape index (κ3) is 5.14. The maximum atomic E-state index is 12.7. The van der Waals surface area contributed by atoms with Gasteiger partial charge in [-0.25, -0.2) is 4.79 Å². The number of benzene rings is 2. The lowest BCUT2D eigenvalue weighted by atomic mass is 10.2. The zero-order chi connectivity index (χ0) is 21.0. The van der Waals surface area contributed by atoms with Gasteiger partial charge in [-0.3, -0.25) is 15.0 Å². The topological polar surface area (TPSA) is 95.9 Å². The van der Waals surface area contributed by atoms with Crippen molar-refractivity contribution in [2.24, 2.45) is 0 Å². The molecule has 0 aromatic heterocycles. The summed E-state index contributed by atoms with van der Waals surface area (Å²) >= 11 is 12.2. The molecule has 7 nitrogen and oxygen atoms in total. The number of thiocarbonyl (C=S) groups is 1. The molecule has 148 valence electrons. The number of amides is 2. The molecule has 1 saturated heterocycles. The van der Waals surface area contributed by atoms with Crippen LogP contribution in [0.25, 0.3) is 6.08 Å². The van der Waals surface area contributed by atoms with Crippen molar-refractivity contribution in [3.05, 3.63) is 69.6 Å². The standard InChI is InChI=1S/C19H13ClN2O5S2/c20-14-7-2-1-6-13(14)17(25)21-22-18(26)15(29-19(22)28)9-11-4-3-5-12(8-11)27-10-16(23)24/h1-9H,10H2,(H,21,25)(H,23,24)/b15-9+. The van der Waals surface area contributed by atoms with E-state index >= 15 is 0 Å². The SMILES string of the molecule is O=C(O)COc1cccc(/C=C2/SC(=S)N(NC(=O)c3ccccc3Cl)C2=O)c1. The normalized spacial score (nSPS) is 14.9. The molecule has 0 saturated carbocycles. The minimum absolute atomic E-state index is 0.167. The number of ether oxygens (including phenoxy) is 1. The van der Waals surface area contributed by atoms with E-state index in [2.05, 4.69) is 5.43 Å². The van der Waals surface area contributed by atoms with Crippen molar-refractivity contribution in [1.82, 2.24) is 10.4 Å². The van der Waals surface area contributed by atoms with Crippen LogP contribution in [0.2, 0.25) is 5.02 Å². The van der Waals surface area contributed by atoms with Crippen LogP contribution >= 0.6 is 35.6 Å². The van der Waals surface area contributed by atoms with E-state index in [9.17, 15) is 14.4 Å². The Morgan fingerprint density at radius 1 is 1.24 bits per heavy atom. The minimum atomic E-state index is -1.09. The van der Waals surface area contributed by atoms with Crippen molar-refractivity contribution in [3.8, 4) is 5.75 Å². The fourth-order valence-electron chi connectivity index (χ4n) is 2.36. The van der Waals surface area contributed by atoms with E-state index in [0.717, 1.165) is 16.8 Å². The fourth-order valence-corrected chi connectivity index (χ4v) is 3.76. The Morgan fingerprint density at radius 2 is 2.00 bits per heavy atom. The molecule has 1 fully saturated rings. The Kier molecular flexibility index (Phi) is 6.53. The summed E-state index contributed by atoms with van der Waals surface area (Å²) in [7, 11) is 0. The van der Waals surface area contributed by atoms with Crippen LogP contribution in [0.4, 0.5) is 0 Å². The van der Waals surface area contributed by atoms with Gasteiger partial charge in [0.25, 0.3) is 11.8 Å². The molecule has 2 aromatic carbocycles. The minimum Gasteiger partial charge on any atom is -0.482 e. The van der Waals surface area contributed by atoms with E-state index in [1.54, 1.807) is 48.5 Å². The summed E-state index contributed by atoms with van der Waals surface area (Å²) in [6, 6.07) is 13.0. The lowest BCUT2D eigenvalue weighted by molar-refractivity contribution is -0.139. The molecule has 10 heteroatoms. The molecule has 1 aliphatic heterocycles. The zero-order valence-corrected chi connectivity index (χ0v) is 17.0. The molecule has 0 radical (unpaired) electrons. The number of thioether (sulfide) groups is 1. The van der Waals surface area contributed by atoms with Crippen LogP contribution < -0.4 is 10.2 Å². The molecule has 2 N–H and O–H groups in total. The van der Waals surface area contributed by atoms with E-state index in [4.69, 9.17) is 33.7 Å². The number of hydrazine groups is 1. The van der Waals surface area contributed by atoms with Crippen LogP contribution in [0.1, 0.15) is 15.9 Å². The highest BCUT2D eigenvalue weighted by Crippen LogP contribution is 2.32. The van der Waals surface area contributed by atoms with Crippen LogP contribution in [0.3, 0.4) is 0 Å². The first-order valence-corrected chi connectivity index (χ1v) is 9.73. The predicted molar refractivity (Wildman–Crippen MR) is 114 cm³/mol. The van der Waals surface area contributed by atoms with Crippen LogP contribution in [0.15, 0.2) is 53.4 Å². The summed E-state index contributed by atoms with van der Waals surface area (Å²) < 4.78 is 5.29. The maximum Gasteiger partial charge on any atom is 0.341 e. The van der Waals surface area contributed by atoms with Gasteiger partial charge < -0.3 is 9.84 Å². The number of carbonyl (C=O) groups is 3. The smallest absolute Gasteiger partial charge is 0.341 e. The van der Waals surface area contributed by atoms with E-state index in [1.165, 1.54) is 6.07 Å². The van der Waals surface area contributed by atoms with Crippen LogP contribution in [-0.2, 0) is 9.59 Å². The molecule has 2 amide bonds. The Balaban J connectivity index is 1.75. The molecule has 2 aromatic rings. The van der Waals surface area contributed by atoms with Crippen molar-refractivity contribution >= 4 is 63.8 Å². The third-order valence-corrected chi connectivity index (χ3v) is 5.28. The number of halogens is 1. The fraction of sp³-hybridized carbons (Fsp3) is 0.0526. The molecular formula is C19H13ClN2O5S2. The molecule has 0 atom stereocenters. The van der Waals surface area contributed by atoms with E-state index in [1.807, 2.05) is 0 Å². The highest BCUT2D eigenvalue weighted by Gasteiger charge is 2.34. The maximum absolute atomic E-state index is 12.7. The van der Waals surface area contributed by atoms with Gasteiger partial charge >= 0.3 is 5.97 Å². The lowest BCUT2D eigenvalue weighted by Gasteiger charge is -2.16. The summed E-state index contributed by atoms with van der Waals surface area (Å²) in [5.74, 6) is -1.79. The van der Waals surface area contributed by atoms with Crippen LogP contribution in [-0.4, -0.2) is 38.8 Å². The highest BCUT2D eigenvalue weighted by molar-refractivity contribution is 8.26. The number of nitrogens with one attached hydrogen (secondary N) is 1. The van der Waals surface area contributed by atoms with E-state index in [0.29, 0.717) is 16.2 Å². The van der Waals surface area contributed by atoms with Gasteiger partial charge in [-0.2, -0.15) is 5.01 Å². The number of hydrogen-bond acceptors (Lipinski definition) is 6. The molecule has 29 heavy (non-hydrogen) atoms. The Labute approximate surface area is 180 Å². The van der Waals surface area contributed by atoms with E-state index < -0.39 is 24.4 Å². The van der Waals surface area contributed by atoms with Gasteiger partial charge in [-0.05, 0) is 48.1 Å². The first-order chi connectivity index (χ1) is 13.8. The zero-order valence-electron chi connectivity index (χ0n) is 14.6. The van der Waals surface area contributed by atoms with Gasteiger partial charge in [0.15, 0.2) is 10.9 Å². The predicted octanol–water partition coefficient (Wildman–Crippen LogP) is 3.35. The van der Waals surface area contributed by atoms with Crippen molar-refractivity contribution < 1.29 is 24.2 Å². The van der Waals surface area contributed by atoms with E-state index in [-0.39, 0.29) is 14.9 Å². The van der Waals surface area contributed by atoms with Crippen molar-refractivity contribution in [1.29, 1.82) is 0 Å². The molecular weight excluding hydrogens is 436 g/mol. The quantitative estimate of drug-likeness (QED) is 0.516. The largest absolute Gasteiger partial charge is 0.482 e. The highest BCUT2D eigenvalue weighted by atomic mass is 35.5. The number of hydrogen-bond donors (Lipinski definition) is 2. The van der Waals surface area contributed by atoms with Gasteiger partial charge in [0.05, 0.1) is 15.5 Å². The van der Waals surface area contributed by atoms with Crippen molar-refractivity contribution in [3.63, 3.8) is 0 Å². The summed E-state index contributed by atoms with van der Waals surface area (Å²) in [4.78, 5) is 36.0. The second-order valence-electron chi connectivity index (χ2n) is 5.69. The molecule has 1 heterocycles. The molecule has 1 aliphatic rings. The average molecular weight is 449 g/mol. The molecule has 0 bridgehead atoms. The Hall–Kier alpha value is -2.88. The van der Waals surface area contributed by atoms with Gasteiger partial charge in [0.2, 0.25) is 0 Å². The summed E-state index contributed by atoms with van der Waals surface area (Å²) in [5, 5.41) is 9.93. The third-order valence-electron chi connectivity index (χ3n) is 3.64. The van der Waals surface area contributed by atoms with Gasteiger partial charge in [-0.15, -0.1) is 0 Å². The molecule has 0 aliphatic carbocycles. The molecule has 3 rings (SSSR count). The average Bonchev–Trinajstić information content (AvgIpc) is 2.94. The van der Waals surface area contributed by atoms with Gasteiger partial charge in [0.1, 0.15) is 5.75 Å². The van der Waals surface area contributed by atoms with Crippen molar-refractivity contribution in [2.45, 2.75) is 0 Å². The monoisotopic (exact) mass is 448 g/mol. The Bertz CT molecular complexity index is 1040. The van der Waals surface area contributed by atoms with Gasteiger partial charge in [-0.1, -0.05) is 47.6 Å². The van der Waals surface area contributed by atoms with Crippen molar-refractivity contribution in [2.75, 3.05) is 6.61 Å². The summed E-state index contributed by atoms with van der Waals surface area (Å²) in [6.07, 6.45) is 1.58. The summed E-state index contributed by atoms with van der Waals surface area (Å²) in [6.45, 7) is -0.473. The number of nitrogens with zero attached hydrogens (tertiary/aromatic N) is 1. The number of aliphatic carboxylic acids is 1. The second-order valence-corrected chi connectivity index (χ2v) is 7.78. The van der Waals surface area contributed by atoms with Crippen LogP contribution in [0.5, 0.6) is 5.75 Å². The number of carbonyl (C=O) groups excluding carboxylic acids is 2. The first-order valence-electron chi connectivity index (χ1n) is 8.13. The number of carboxylic acids is 1. The number of carboxylic acid groups (broad SMARTS) is 1. The molecule has 0 unspecified atom stereocenters. The first kappa shape index (κ1) is 20.8.